The summed E-state index contributed by atoms with van der Waals surface area (Å²) < 4.78 is 13.7. The van der Waals surface area contributed by atoms with Crippen LogP contribution in [0.2, 0.25) is 5.02 Å². The molecule has 3 aromatic heterocycles. The zero-order valence-corrected chi connectivity index (χ0v) is 21.2. The maximum Gasteiger partial charge on any atom is 0.227 e. The molecular formula is C26H28ClN7O3. The third-order valence-corrected chi connectivity index (χ3v) is 7.16. The van der Waals surface area contributed by atoms with E-state index in [1.807, 2.05) is 40.9 Å². The number of imidazole rings is 1. The predicted molar refractivity (Wildman–Crippen MR) is 142 cm³/mol. The van der Waals surface area contributed by atoms with Gasteiger partial charge in [-0.3, -0.25) is 9.30 Å². The smallest absolute Gasteiger partial charge is 0.227 e. The number of ether oxygens (including phenoxy) is 2. The Hall–Kier alpha value is -3.44. The van der Waals surface area contributed by atoms with E-state index < -0.39 is 0 Å². The van der Waals surface area contributed by atoms with Gasteiger partial charge in [-0.1, -0.05) is 17.7 Å². The Morgan fingerprint density at radius 3 is 2.95 bits per heavy atom. The molecule has 192 valence electrons. The summed E-state index contributed by atoms with van der Waals surface area (Å²) >= 11 is 6.48. The molecule has 7 rings (SSSR count). The van der Waals surface area contributed by atoms with E-state index in [1.54, 1.807) is 19.5 Å². The molecule has 2 unspecified atom stereocenters. The molecule has 6 heterocycles. The molecule has 1 aromatic carbocycles. The van der Waals surface area contributed by atoms with Gasteiger partial charge in [0.15, 0.2) is 0 Å². The van der Waals surface area contributed by atoms with Crippen LogP contribution in [0.15, 0.2) is 55.0 Å². The quantitative estimate of drug-likeness (QED) is 0.380. The Morgan fingerprint density at radius 2 is 2.08 bits per heavy atom. The summed E-state index contributed by atoms with van der Waals surface area (Å²) in [5.41, 5.74) is 3.99. The number of nitrogens with one attached hydrogen (secondary N) is 1. The maximum atomic E-state index is 9.40. The number of anilines is 3. The van der Waals surface area contributed by atoms with Crippen molar-refractivity contribution in [1.82, 2.24) is 24.3 Å². The van der Waals surface area contributed by atoms with Gasteiger partial charge in [0.25, 0.3) is 0 Å². The van der Waals surface area contributed by atoms with Crippen molar-refractivity contribution >= 4 is 34.6 Å². The molecule has 0 amide bonds. The Kier molecular flexibility index (Phi) is 6.56. The minimum absolute atomic E-state index is 0.106. The van der Waals surface area contributed by atoms with Crippen LogP contribution in [0.5, 0.6) is 5.75 Å². The number of rotatable bonds is 7. The molecule has 3 aliphatic heterocycles. The Labute approximate surface area is 219 Å². The van der Waals surface area contributed by atoms with Crippen LogP contribution in [0.1, 0.15) is 0 Å². The van der Waals surface area contributed by atoms with E-state index in [0.717, 1.165) is 42.4 Å². The van der Waals surface area contributed by atoms with Gasteiger partial charge < -0.3 is 24.8 Å². The molecule has 11 heteroatoms. The lowest BCUT2D eigenvalue weighted by Gasteiger charge is -2.38. The number of hydrogen-bond donors (Lipinski definition) is 2. The molecule has 0 saturated carbocycles. The van der Waals surface area contributed by atoms with Crippen molar-refractivity contribution in [3.05, 3.63) is 60.0 Å². The first kappa shape index (κ1) is 23.9. The monoisotopic (exact) mass is 521 g/mol. The van der Waals surface area contributed by atoms with Crippen molar-refractivity contribution in [2.24, 2.45) is 0 Å². The molecule has 37 heavy (non-hydrogen) atoms. The number of aromatic nitrogens is 4. The van der Waals surface area contributed by atoms with Gasteiger partial charge in [-0.2, -0.15) is 0 Å². The number of methoxy groups -OCH3 is 1. The standard InChI is InChI=1S/C26H28ClN7O3/c1-36-23-10-17(34-15-19-14-32(8-9-35)13-18(34)16-37-19)5-6-21(23)30-26-29-11-20(27)25(31-26)22-12-28-24-4-2-3-7-33(22)24/h2-7,10-12,18-19,35H,8-9,13-16H2,1H3,(H,29,30,31). The second-order valence-corrected chi connectivity index (χ2v) is 9.62. The number of nitrogens with zero attached hydrogens (tertiary/aromatic N) is 6. The Bertz CT molecular complexity index is 1410. The average molecular weight is 522 g/mol. The van der Waals surface area contributed by atoms with Gasteiger partial charge in [-0.15, -0.1) is 0 Å². The largest absolute Gasteiger partial charge is 0.494 e. The fraction of sp³-hybridized carbons (Fsp3) is 0.346. The van der Waals surface area contributed by atoms with E-state index in [2.05, 4.69) is 31.2 Å². The summed E-state index contributed by atoms with van der Waals surface area (Å²) in [4.78, 5) is 18.2. The van der Waals surface area contributed by atoms with Crippen molar-refractivity contribution in [3.8, 4) is 17.1 Å². The summed E-state index contributed by atoms with van der Waals surface area (Å²) in [5.74, 6) is 1.08. The van der Waals surface area contributed by atoms with Crippen LogP contribution >= 0.6 is 11.6 Å². The number of hydrogen-bond acceptors (Lipinski definition) is 9. The highest BCUT2D eigenvalue weighted by atomic mass is 35.5. The summed E-state index contributed by atoms with van der Waals surface area (Å²) in [6.07, 6.45) is 5.37. The fourth-order valence-corrected chi connectivity index (χ4v) is 5.31. The van der Waals surface area contributed by atoms with Crippen molar-refractivity contribution in [2.75, 3.05) is 56.7 Å². The number of benzene rings is 1. The van der Waals surface area contributed by atoms with E-state index in [1.165, 1.54) is 0 Å². The molecule has 3 saturated heterocycles. The molecule has 0 aliphatic carbocycles. The lowest BCUT2D eigenvalue weighted by atomic mass is 10.1. The van der Waals surface area contributed by atoms with Crippen molar-refractivity contribution < 1.29 is 14.6 Å². The summed E-state index contributed by atoms with van der Waals surface area (Å²) in [6, 6.07) is 12.1. The third-order valence-electron chi connectivity index (χ3n) is 6.88. The molecule has 4 aromatic rings. The zero-order valence-electron chi connectivity index (χ0n) is 20.4. The van der Waals surface area contributed by atoms with Gasteiger partial charge in [0, 0.05) is 44.1 Å². The summed E-state index contributed by atoms with van der Waals surface area (Å²) in [7, 11) is 1.65. The van der Waals surface area contributed by atoms with E-state index in [0.29, 0.717) is 35.6 Å². The molecule has 2 bridgehead atoms. The van der Waals surface area contributed by atoms with Crippen molar-refractivity contribution in [2.45, 2.75) is 12.1 Å². The first-order valence-electron chi connectivity index (χ1n) is 12.2. The topological polar surface area (TPSA) is 100 Å². The van der Waals surface area contributed by atoms with E-state index in [4.69, 9.17) is 26.1 Å². The van der Waals surface area contributed by atoms with Crippen LogP contribution in [0, 0.1) is 0 Å². The first-order valence-corrected chi connectivity index (χ1v) is 12.6. The number of halogens is 1. The average Bonchev–Trinajstić information content (AvgIpc) is 3.15. The molecule has 0 radical (unpaired) electrons. The highest BCUT2D eigenvalue weighted by molar-refractivity contribution is 6.32. The van der Waals surface area contributed by atoms with Crippen LogP contribution in [-0.2, 0) is 4.74 Å². The first-order chi connectivity index (χ1) is 18.1. The minimum atomic E-state index is 0.106. The van der Waals surface area contributed by atoms with Gasteiger partial charge in [0.1, 0.15) is 17.1 Å². The highest BCUT2D eigenvalue weighted by Crippen LogP contribution is 2.35. The van der Waals surface area contributed by atoms with Gasteiger partial charge in [-0.25, -0.2) is 15.0 Å². The minimum Gasteiger partial charge on any atom is -0.494 e. The summed E-state index contributed by atoms with van der Waals surface area (Å²) in [6.45, 7) is 3.95. The number of morpholine rings is 1. The molecule has 10 nitrogen and oxygen atoms in total. The van der Waals surface area contributed by atoms with Crippen LogP contribution in [-0.4, -0.2) is 88.0 Å². The highest BCUT2D eigenvalue weighted by Gasteiger charge is 2.35. The predicted octanol–water partition coefficient (Wildman–Crippen LogP) is 3.08. The molecule has 3 aliphatic rings. The Morgan fingerprint density at radius 1 is 1.16 bits per heavy atom. The van der Waals surface area contributed by atoms with E-state index in [9.17, 15) is 5.11 Å². The normalized spacial score (nSPS) is 19.8. The van der Waals surface area contributed by atoms with Crippen molar-refractivity contribution in [1.29, 1.82) is 0 Å². The third kappa shape index (κ3) is 4.69. The van der Waals surface area contributed by atoms with Crippen LogP contribution in [0.25, 0.3) is 17.0 Å². The molecular weight excluding hydrogens is 494 g/mol. The molecule has 2 atom stereocenters. The van der Waals surface area contributed by atoms with Crippen LogP contribution in [0.4, 0.5) is 17.3 Å². The molecule has 3 fully saturated rings. The van der Waals surface area contributed by atoms with Gasteiger partial charge in [-0.05, 0) is 24.3 Å². The van der Waals surface area contributed by atoms with Crippen LogP contribution < -0.4 is 15.0 Å². The van der Waals surface area contributed by atoms with Crippen molar-refractivity contribution in [3.63, 3.8) is 0 Å². The Balaban J connectivity index is 1.26. The molecule has 2 N–H and O–H groups in total. The van der Waals surface area contributed by atoms with Gasteiger partial charge in [0.2, 0.25) is 5.95 Å². The van der Waals surface area contributed by atoms with Gasteiger partial charge >= 0.3 is 0 Å². The van der Waals surface area contributed by atoms with E-state index >= 15 is 0 Å². The molecule has 0 spiro atoms. The van der Waals surface area contributed by atoms with Crippen LogP contribution in [0.3, 0.4) is 0 Å². The second-order valence-electron chi connectivity index (χ2n) is 9.22. The fourth-order valence-electron chi connectivity index (χ4n) is 5.12. The number of fused-ring (bicyclic) bond motifs is 5. The number of aliphatic hydroxyl groups excluding tert-OH is 1. The maximum absolute atomic E-state index is 9.40. The lowest BCUT2D eigenvalue weighted by Crippen LogP contribution is -2.49. The van der Waals surface area contributed by atoms with E-state index in [-0.39, 0.29) is 18.8 Å². The SMILES string of the molecule is COc1cc(N2CC3CN(CCO)CC2CO3)ccc1Nc1ncc(Cl)c(-c2cnc3ccccn23)n1. The number of pyridine rings is 1. The zero-order chi connectivity index (χ0) is 25.4. The summed E-state index contributed by atoms with van der Waals surface area (Å²) in [5, 5.41) is 13.1. The van der Waals surface area contributed by atoms with Gasteiger partial charge in [0.05, 0.1) is 61.3 Å². The second kappa shape index (κ2) is 10.1. The number of aliphatic hydroxyl groups is 1. The lowest BCUT2D eigenvalue weighted by molar-refractivity contribution is 0.0326.